The molecule has 0 saturated carbocycles. The van der Waals surface area contributed by atoms with Gasteiger partial charge in [-0.2, -0.15) is 0 Å². The molecule has 0 amide bonds. The number of nitrogens with zero attached hydrogens (tertiary/aromatic N) is 2. The van der Waals surface area contributed by atoms with Crippen LogP contribution in [0.15, 0.2) is 53.3 Å². The van der Waals surface area contributed by atoms with E-state index in [4.69, 9.17) is 10.5 Å². The highest BCUT2D eigenvalue weighted by Crippen LogP contribution is 2.21. The number of carbonyl (C=O) groups is 1. The molecule has 0 aliphatic heterocycles. The van der Waals surface area contributed by atoms with E-state index < -0.39 is 0 Å². The Morgan fingerprint density at radius 2 is 1.96 bits per heavy atom. The molecule has 0 unspecified atom stereocenters. The van der Waals surface area contributed by atoms with Crippen LogP contribution in [0.4, 0.5) is 0 Å². The van der Waals surface area contributed by atoms with E-state index in [9.17, 15) is 4.79 Å². The molecule has 0 saturated heterocycles. The van der Waals surface area contributed by atoms with Crippen molar-refractivity contribution in [3.05, 3.63) is 64.5 Å². The molecule has 0 aliphatic rings. The number of carbonyl (C=O) groups excluding carboxylic acids is 1. The van der Waals surface area contributed by atoms with Crippen LogP contribution in [-0.4, -0.2) is 21.2 Å². The van der Waals surface area contributed by atoms with E-state index in [2.05, 4.69) is 38.5 Å². The van der Waals surface area contributed by atoms with Gasteiger partial charge in [-0.25, -0.2) is 4.98 Å². The zero-order valence-electron chi connectivity index (χ0n) is 14.5. The molecule has 0 atom stereocenters. The molecular weight excluding hydrogens is 414 g/mol. The van der Waals surface area contributed by atoms with Crippen LogP contribution in [0.3, 0.4) is 0 Å². The minimum absolute atomic E-state index is 0.206. The lowest BCUT2D eigenvalue weighted by Crippen LogP contribution is -2.08. The molecule has 0 bridgehead atoms. The first-order chi connectivity index (χ1) is 12.4. The van der Waals surface area contributed by atoms with Gasteiger partial charge in [0.2, 0.25) is 5.12 Å². The molecule has 5 nitrogen and oxygen atoms in total. The van der Waals surface area contributed by atoms with E-state index in [-0.39, 0.29) is 11.2 Å². The molecule has 2 heterocycles. The average molecular weight is 434 g/mol. The van der Waals surface area contributed by atoms with E-state index in [0.29, 0.717) is 12.2 Å². The Labute approximate surface area is 166 Å². The van der Waals surface area contributed by atoms with Gasteiger partial charge >= 0.3 is 0 Å². The highest BCUT2D eigenvalue weighted by atomic mass is 79.9. The largest absolute Gasteiger partial charge is 0.491 e. The number of thiol groups is 1. The number of rotatable bonds is 4. The fraction of sp³-hybridized carbons (Fsp3) is 0.211. The van der Waals surface area contributed by atoms with Crippen molar-refractivity contribution in [3.8, 4) is 5.75 Å². The van der Waals surface area contributed by atoms with Gasteiger partial charge in [0.05, 0.1) is 16.1 Å². The summed E-state index contributed by atoms with van der Waals surface area (Å²) in [6.07, 6.45) is 3.54. The van der Waals surface area contributed by atoms with Gasteiger partial charge in [-0.15, -0.1) is 0 Å². The second-order valence-electron chi connectivity index (χ2n) is 5.67. The highest BCUT2D eigenvalue weighted by Gasteiger charge is 2.05. The standard InChI is InChI=1S/C10H15NO.C9H5BrN2OS/c1-8(2)12-10-6-4-3-5-9(10)7-11;10-6-4-11-3-5-1-2-7(9(13)14)12-8(5)6/h3-6,8H,7,11H2,1-2H3;1-4H,(H,13,14). The number of fused-ring (bicyclic) bond motifs is 1. The van der Waals surface area contributed by atoms with Crippen molar-refractivity contribution in [2.45, 2.75) is 26.5 Å². The molecule has 3 rings (SSSR count). The van der Waals surface area contributed by atoms with Crippen LogP contribution < -0.4 is 10.5 Å². The molecular formula is C19H20BrN3O2S. The van der Waals surface area contributed by atoms with Gasteiger partial charge in [-0.05, 0) is 48.0 Å². The maximum Gasteiger partial charge on any atom is 0.234 e. The summed E-state index contributed by atoms with van der Waals surface area (Å²) in [6.45, 7) is 4.55. The fourth-order valence-electron chi connectivity index (χ4n) is 2.17. The van der Waals surface area contributed by atoms with Crippen molar-refractivity contribution >= 4 is 44.6 Å². The van der Waals surface area contributed by atoms with Gasteiger partial charge in [0.15, 0.2) is 0 Å². The average Bonchev–Trinajstić information content (AvgIpc) is 2.62. The fourth-order valence-corrected chi connectivity index (χ4v) is 2.73. The van der Waals surface area contributed by atoms with E-state index in [0.717, 1.165) is 26.7 Å². The zero-order chi connectivity index (χ0) is 19.1. The summed E-state index contributed by atoms with van der Waals surface area (Å²) in [4.78, 5) is 19.1. The van der Waals surface area contributed by atoms with Gasteiger partial charge in [-0.1, -0.05) is 30.8 Å². The van der Waals surface area contributed by atoms with Crippen molar-refractivity contribution in [2.24, 2.45) is 5.73 Å². The molecule has 7 heteroatoms. The SMILES string of the molecule is CC(C)Oc1ccccc1CN.O=C(S)c1ccc2cncc(Br)c2n1. The zero-order valence-corrected chi connectivity index (χ0v) is 17.0. The Balaban J connectivity index is 0.000000190. The van der Waals surface area contributed by atoms with Gasteiger partial charge in [-0.3, -0.25) is 9.78 Å². The number of ether oxygens (including phenoxy) is 1. The van der Waals surface area contributed by atoms with Crippen LogP contribution in [0, 0.1) is 0 Å². The first-order valence-corrected chi connectivity index (χ1v) is 9.24. The molecule has 2 N–H and O–H groups in total. The van der Waals surface area contributed by atoms with Crippen molar-refractivity contribution in [3.63, 3.8) is 0 Å². The summed E-state index contributed by atoms with van der Waals surface area (Å²) >= 11 is 7.03. The molecule has 1 aromatic carbocycles. The second kappa shape index (κ2) is 9.66. The third-order valence-corrected chi connectivity index (χ3v) is 4.14. The molecule has 136 valence electrons. The number of pyridine rings is 2. The van der Waals surface area contributed by atoms with Crippen LogP contribution >= 0.6 is 28.6 Å². The van der Waals surface area contributed by atoms with Crippen molar-refractivity contribution in [1.29, 1.82) is 0 Å². The maximum absolute atomic E-state index is 11.0. The predicted octanol–water partition coefficient (Wildman–Crippen LogP) is 4.39. The summed E-state index contributed by atoms with van der Waals surface area (Å²) in [5, 5.41) is 0.549. The van der Waals surface area contributed by atoms with Crippen LogP contribution in [0.1, 0.15) is 29.9 Å². The smallest absolute Gasteiger partial charge is 0.234 e. The molecule has 26 heavy (non-hydrogen) atoms. The summed E-state index contributed by atoms with van der Waals surface area (Å²) in [5.41, 5.74) is 7.67. The van der Waals surface area contributed by atoms with Crippen LogP contribution in [0.2, 0.25) is 0 Å². The summed E-state index contributed by atoms with van der Waals surface area (Å²) < 4.78 is 6.33. The van der Waals surface area contributed by atoms with Crippen molar-refractivity contribution < 1.29 is 9.53 Å². The Morgan fingerprint density at radius 3 is 2.62 bits per heavy atom. The maximum atomic E-state index is 11.0. The predicted molar refractivity (Wildman–Crippen MR) is 111 cm³/mol. The number of hydrogen-bond acceptors (Lipinski definition) is 5. The monoisotopic (exact) mass is 433 g/mol. The Kier molecular flexibility index (Phi) is 7.56. The van der Waals surface area contributed by atoms with E-state index >= 15 is 0 Å². The molecule has 3 aromatic rings. The third kappa shape index (κ3) is 5.52. The normalized spacial score (nSPS) is 10.4. The lowest BCUT2D eigenvalue weighted by molar-refractivity contribution is 0.108. The quantitative estimate of drug-likeness (QED) is 0.596. The van der Waals surface area contributed by atoms with E-state index in [1.807, 2.05) is 38.1 Å². The second-order valence-corrected chi connectivity index (χ2v) is 6.93. The summed E-state index contributed by atoms with van der Waals surface area (Å²) in [5.74, 6) is 0.898. The molecule has 2 aromatic heterocycles. The summed E-state index contributed by atoms with van der Waals surface area (Å²) in [7, 11) is 0. The number of nitrogens with two attached hydrogens (primary N) is 1. The molecule has 0 radical (unpaired) electrons. The lowest BCUT2D eigenvalue weighted by Gasteiger charge is -2.12. The lowest BCUT2D eigenvalue weighted by atomic mass is 10.2. The minimum atomic E-state index is -0.337. The number of para-hydroxylation sites is 1. The number of benzene rings is 1. The van der Waals surface area contributed by atoms with Crippen molar-refractivity contribution in [2.75, 3.05) is 0 Å². The molecule has 0 aliphatic carbocycles. The van der Waals surface area contributed by atoms with Gasteiger partial charge in [0.1, 0.15) is 11.4 Å². The Hall–Kier alpha value is -1.96. The molecule has 0 fully saturated rings. The van der Waals surface area contributed by atoms with E-state index in [1.54, 1.807) is 24.5 Å². The number of hydrogen-bond donors (Lipinski definition) is 2. The number of aromatic nitrogens is 2. The van der Waals surface area contributed by atoms with Gasteiger partial charge < -0.3 is 10.5 Å². The Morgan fingerprint density at radius 1 is 1.23 bits per heavy atom. The highest BCUT2D eigenvalue weighted by molar-refractivity contribution is 9.10. The molecule has 0 spiro atoms. The van der Waals surface area contributed by atoms with Gasteiger partial charge in [0, 0.05) is 29.9 Å². The van der Waals surface area contributed by atoms with E-state index in [1.165, 1.54) is 0 Å². The first kappa shape index (κ1) is 20.4. The first-order valence-electron chi connectivity index (χ1n) is 8.00. The minimum Gasteiger partial charge on any atom is -0.491 e. The van der Waals surface area contributed by atoms with Crippen LogP contribution in [-0.2, 0) is 6.54 Å². The third-order valence-electron chi connectivity index (χ3n) is 3.33. The van der Waals surface area contributed by atoms with Gasteiger partial charge in [0.25, 0.3) is 0 Å². The van der Waals surface area contributed by atoms with Crippen molar-refractivity contribution in [1.82, 2.24) is 9.97 Å². The van der Waals surface area contributed by atoms with Crippen LogP contribution in [0.25, 0.3) is 10.9 Å². The Bertz CT molecular complexity index is 903. The number of halogens is 1. The topological polar surface area (TPSA) is 78.1 Å². The summed E-state index contributed by atoms with van der Waals surface area (Å²) in [6, 6.07) is 11.3. The van der Waals surface area contributed by atoms with Crippen LogP contribution in [0.5, 0.6) is 5.75 Å².